The molecule has 0 bridgehead atoms. The van der Waals surface area contributed by atoms with E-state index in [1.165, 1.54) is 12.8 Å². The van der Waals surface area contributed by atoms with Crippen LogP contribution in [0.5, 0.6) is 11.6 Å². The number of ether oxygens (including phenoxy) is 2. The summed E-state index contributed by atoms with van der Waals surface area (Å²) >= 11 is 6.42. The van der Waals surface area contributed by atoms with Gasteiger partial charge >= 0.3 is 0 Å². The van der Waals surface area contributed by atoms with Gasteiger partial charge < -0.3 is 14.6 Å². The largest absolute Gasteiger partial charge is 0.437 e. The molecular formula is C27H32ClN3O3. The van der Waals surface area contributed by atoms with Crippen molar-refractivity contribution >= 4 is 11.6 Å². The van der Waals surface area contributed by atoms with Gasteiger partial charge in [-0.1, -0.05) is 48.0 Å². The second kappa shape index (κ2) is 11.7. The molecule has 1 aliphatic carbocycles. The van der Waals surface area contributed by atoms with E-state index in [0.717, 1.165) is 23.5 Å². The lowest BCUT2D eigenvalue weighted by Crippen LogP contribution is -2.36. The van der Waals surface area contributed by atoms with Crippen molar-refractivity contribution in [2.24, 2.45) is 5.92 Å². The van der Waals surface area contributed by atoms with Gasteiger partial charge in [-0.05, 0) is 49.9 Å². The highest BCUT2D eigenvalue weighted by Gasteiger charge is 2.28. The molecule has 1 N–H and O–H groups in total. The number of para-hydroxylation sites is 2. The highest BCUT2D eigenvalue weighted by Crippen LogP contribution is 2.36. The second-order valence-corrected chi connectivity index (χ2v) is 9.17. The van der Waals surface area contributed by atoms with Crippen LogP contribution in [0.25, 0.3) is 5.69 Å². The number of halogens is 1. The Morgan fingerprint density at radius 2 is 1.94 bits per heavy atom. The van der Waals surface area contributed by atoms with Gasteiger partial charge in [-0.2, -0.15) is 5.10 Å². The van der Waals surface area contributed by atoms with Gasteiger partial charge in [0.25, 0.3) is 0 Å². The molecule has 1 aliphatic rings. The van der Waals surface area contributed by atoms with Gasteiger partial charge in [-0.25, -0.2) is 4.68 Å². The Morgan fingerprint density at radius 1 is 1.21 bits per heavy atom. The second-order valence-electron chi connectivity index (χ2n) is 8.77. The molecule has 4 rings (SSSR count). The number of aryl methyl sites for hydroxylation is 1. The summed E-state index contributed by atoms with van der Waals surface area (Å²) in [5.74, 6) is 1.88. The summed E-state index contributed by atoms with van der Waals surface area (Å²) in [4.78, 5) is 2.28. The van der Waals surface area contributed by atoms with Crippen molar-refractivity contribution in [3.63, 3.8) is 0 Å². The molecule has 0 radical (unpaired) electrons. The molecule has 0 spiro atoms. The molecule has 2 aromatic carbocycles. The summed E-state index contributed by atoms with van der Waals surface area (Å²) in [5.41, 5.74) is 2.76. The molecule has 6 nitrogen and oxygen atoms in total. The molecule has 34 heavy (non-hydrogen) atoms. The Balaban J connectivity index is 1.64. The van der Waals surface area contributed by atoms with Crippen LogP contribution in [-0.4, -0.2) is 52.2 Å². The highest BCUT2D eigenvalue weighted by atomic mass is 35.5. The zero-order chi connectivity index (χ0) is 23.9. The van der Waals surface area contributed by atoms with Crippen LogP contribution < -0.4 is 4.74 Å². The average Bonchev–Trinajstić information content (AvgIpc) is 3.60. The summed E-state index contributed by atoms with van der Waals surface area (Å²) in [7, 11) is 0. The van der Waals surface area contributed by atoms with E-state index < -0.39 is 6.10 Å². The Kier molecular flexibility index (Phi) is 8.40. The van der Waals surface area contributed by atoms with Gasteiger partial charge in [0, 0.05) is 19.6 Å². The van der Waals surface area contributed by atoms with Crippen LogP contribution in [0.1, 0.15) is 24.1 Å². The van der Waals surface area contributed by atoms with Crippen molar-refractivity contribution < 1.29 is 14.6 Å². The third-order valence-corrected chi connectivity index (χ3v) is 6.10. The number of benzene rings is 2. The van der Waals surface area contributed by atoms with Crippen molar-refractivity contribution in [3.8, 4) is 17.3 Å². The lowest BCUT2D eigenvalue weighted by Gasteiger charge is -2.25. The summed E-state index contributed by atoms with van der Waals surface area (Å²) in [5, 5.41) is 15.9. The summed E-state index contributed by atoms with van der Waals surface area (Å²) in [6.07, 6.45) is 3.56. The molecule has 1 aromatic heterocycles. The zero-order valence-corrected chi connectivity index (χ0v) is 20.3. The van der Waals surface area contributed by atoms with Crippen LogP contribution in [0.3, 0.4) is 0 Å². The van der Waals surface area contributed by atoms with Crippen molar-refractivity contribution in [1.29, 1.82) is 0 Å². The number of nitrogens with zero attached hydrogens (tertiary/aromatic N) is 3. The van der Waals surface area contributed by atoms with E-state index >= 15 is 0 Å². The van der Waals surface area contributed by atoms with E-state index in [1.807, 2.05) is 66.2 Å². The first kappa shape index (κ1) is 24.5. The molecule has 7 heteroatoms. The Bertz CT molecular complexity index is 1080. The van der Waals surface area contributed by atoms with Gasteiger partial charge in [-0.15, -0.1) is 6.58 Å². The molecule has 0 unspecified atom stereocenters. The van der Waals surface area contributed by atoms with E-state index in [2.05, 4.69) is 11.5 Å². The first-order chi connectivity index (χ1) is 16.5. The van der Waals surface area contributed by atoms with E-state index in [4.69, 9.17) is 26.2 Å². The van der Waals surface area contributed by atoms with Gasteiger partial charge in [0.15, 0.2) is 0 Å². The maximum atomic E-state index is 10.6. The summed E-state index contributed by atoms with van der Waals surface area (Å²) in [6, 6.07) is 17.4. The minimum absolute atomic E-state index is 0.276. The average molecular weight is 482 g/mol. The molecule has 1 fully saturated rings. The lowest BCUT2D eigenvalue weighted by atomic mass is 10.2. The first-order valence-corrected chi connectivity index (χ1v) is 12.1. The van der Waals surface area contributed by atoms with Crippen LogP contribution >= 0.6 is 11.6 Å². The Labute approximate surface area is 206 Å². The monoisotopic (exact) mass is 481 g/mol. The van der Waals surface area contributed by atoms with E-state index in [1.54, 1.807) is 6.08 Å². The van der Waals surface area contributed by atoms with Crippen LogP contribution in [0.2, 0.25) is 5.02 Å². The maximum Gasteiger partial charge on any atom is 0.227 e. The number of aliphatic hydroxyl groups is 1. The molecule has 0 saturated heterocycles. The van der Waals surface area contributed by atoms with E-state index in [9.17, 15) is 5.11 Å². The molecular weight excluding hydrogens is 450 g/mol. The van der Waals surface area contributed by atoms with Crippen molar-refractivity contribution in [2.45, 2.75) is 32.4 Å². The van der Waals surface area contributed by atoms with E-state index in [-0.39, 0.29) is 6.61 Å². The quantitative estimate of drug-likeness (QED) is 0.261. The van der Waals surface area contributed by atoms with Gasteiger partial charge in [0.2, 0.25) is 5.88 Å². The van der Waals surface area contributed by atoms with Crippen molar-refractivity contribution in [3.05, 3.63) is 83.5 Å². The van der Waals surface area contributed by atoms with Gasteiger partial charge in [-0.3, -0.25) is 4.90 Å². The van der Waals surface area contributed by atoms with Gasteiger partial charge in [0.1, 0.15) is 5.75 Å². The van der Waals surface area contributed by atoms with Crippen molar-refractivity contribution in [1.82, 2.24) is 14.7 Å². The number of hydrogen-bond acceptors (Lipinski definition) is 5. The fourth-order valence-electron chi connectivity index (χ4n) is 3.93. The maximum absolute atomic E-state index is 10.6. The third kappa shape index (κ3) is 6.48. The Morgan fingerprint density at radius 3 is 2.65 bits per heavy atom. The molecule has 1 heterocycles. The fourth-order valence-corrected chi connectivity index (χ4v) is 4.11. The van der Waals surface area contributed by atoms with Crippen LogP contribution in [0, 0.1) is 12.8 Å². The van der Waals surface area contributed by atoms with Gasteiger partial charge in [0.05, 0.1) is 41.3 Å². The predicted molar refractivity (Wildman–Crippen MR) is 135 cm³/mol. The lowest BCUT2D eigenvalue weighted by molar-refractivity contribution is 0.0235. The first-order valence-electron chi connectivity index (χ1n) is 11.7. The number of aliphatic hydroxyl groups excluding tert-OH is 1. The number of hydrogen-bond donors (Lipinski definition) is 1. The standard InChI is InChI=1S/C27H32ClN3O3/c1-3-15-33-19-23(32)17-30(16-21-13-14-21)18-24-20(2)29-31(22-9-5-4-6-10-22)27(24)34-26-12-8-7-11-25(26)28/h3-12,21,23,32H,1,13-19H2,2H3/t23-/m0/s1. The van der Waals surface area contributed by atoms with E-state index in [0.29, 0.717) is 42.3 Å². The summed E-state index contributed by atoms with van der Waals surface area (Å²) < 4.78 is 13.7. The SMILES string of the molecule is C=CCOC[C@@H](O)CN(Cc1c(C)nn(-c2ccccc2)c1Oc1ccccc1Cl)CC1CC1. The number of rotatable bonds is 13. The zero-order valence-electron chi connectivity index (χ0n) is 19.6. The molecule has 0 aliphatic heterocycles. The smallest absolute Gasteiger partial charge is 0.227 e. The Hall–Kier alpha value is -2.64. The van der Waals surface area contributed by atoms with Crippen LogP contribution in [-0.2, 0) is 11.3 Å². The minimum atomic E-state index is -0.587. The normalized spacial score (nSPS) is 14.4. The summed E-state index contributed by atoms with van der Waals surface area (Å²) in [6.45, 7) is 8.39. The topological polar surface area (TPSA) is 59.8 Å². The number of aromatic nitrogens is 2. The molecule has 1 saturated carbocycles. The fraction of sp³-hybridized carbons (Fsp3) is 0.370. The predicted octanol–water partition coefficient (Wildman–Crippen LogP) is 5.40. The third-order valence-electron chi connectivity index (χ3n) is 5.79. The minimum Gasteiger partial charge on any atom is -0.437 e. The van der Waals surface area contributed by atoms with Crippen molar-refractivity contribution in [2.75, 3.05) is 26.3 Å². The molecule has 3 aromatic rings. The molecule has 180 valence electrons. The molecule has 1 atom stereocenters. The van der Waals surface area contributed by atoms with Crippen LogP contribution in [0.15, 0.2) is 67.3 Å². The highest BCUT2D eigenvalue weighted by molar-refractivity contribution is 6.32. The van der Waals surface area contributed by atoms with Crippen LogP contribution in [0.4, 0.5) is 0 Å². The molecule has 0 amide bonds.